The van der Waals surface area contributed by atoms with Gasteiger partial charge in [-0.05, 0) is 12.1 Å². The van der Waals surface area contributed by atoms with Crippen molar-refractivity contribution in [3.05, 3.63) is 24.5 Å². The van der Waals surface area contributed by atoms with Crippen LogP contribution in [0.15, 0.2) is 24.5 Å². The molecule has 2 aromatic rings. The number of aromatic nitrogens is 3. The molecule has 0 aromatic carbocycles. The lowest BCUT2D eigenvalue weighted by Gasteiger charge is -2.16. The molecule has 15 heavy (non-hydrogen) atoms. The maximum atomic E-state index is 5.67. The van der Waals surface area contributed by atoms with Crippen LogP contribution in [0, 0.1) is 0 Å². The molecule has 2 aromatic heterocycles. The van der Waals surface area contributed by atoms with Crippen LogP contribution in [-0.4, -0.2) is 34.4 Å². The number of pyridine rings is 1. The van der Waals surface area contributed by atoms with Crippen LogP contribution < -0.4 is 4.90 Å². The van der Waals surface area contributed by atoms with E-state index in [0.29, 0.717) is 11.5 Å². The van der Waals surface area contributed by atoms with E-state index in [4.69, 9.17) is 11.6 Å². The van der Waals surface area contributed by atoms with E-state index in [9.17, 15) is 0 Å². The molecule has 0 radical (unpaired) electrons. The van der Waals surface area contributed by atoms with Crippen LogP contribution in [0.5, 0.6) is 0 Å². The highest BCUT2D eigenvalue weighted by molar-refractivity contribution is 6.18. The number of hydrogen-bond donors (Lipinski definition) is 0. The number of anilines is 1. The van der Waals surface area contributed by atoms with Gasteiger partial charge in [-0.1, -0.05) is 0 Å². The number of rotatable bonds is 3. The minimum atomic E-state index is 0.580. The van der Waals surface area contributed by atoms with E-state index in [2.05, 4.69) is 15.0 Å². The molecule has 0 aliphatic rings. The summed E-state index contributed by atoms with van der Waals surface area (Å²) in [7, 11) is 1.95. The maximum absolute atomic E-state index is 5.67. The van der Waals surface area contributed by atoms with Gasteiger partial charge in [-0.25, -0.2) is 9.97 Å². The first kappa shape index (κ1) is 10.1. The summed E-state index contributed by atoms with van der Waals surface area (Å²) in [5, 5.41) is 0. The summed E-state index contributed by atoms with van der Waals surface area (Å²) in [4.78, 5) is 14.7. The Morgan fingerprint density at radius 2 is 2.07 bits per heavy atom. The number of alkyl halides is 1. The zero-order valence-electron chi connectivity index (χ0n) is 8.39. The van der Waals surface area contributed by atoms with E-state index < -0.39 is 0 Å². The Labute approximate surface area is 92.9 Å². The zero-order chi connectivity index (χ0) is 10.7. The van der Waals surface area contributed by atoms with Gasteiger partial charge in [-0.3, -0.25) is 4.98 Å². The highest BCUT2D eigenvalue weighted by Gasteiger charge is 2.03. The molecule has 0 saturated carbocycles. The van der Waals surface area contributed by atoms with Gasteiger partial charge < -0.3 is 4.90 Å². The number of nitrogens with zero attached hydrogens (tertiary/aromatic N) is 4. The summed E-state index contributed by atoms with van der Waals surface area (Å²) in [5.41, 5.74) is 1.47. The lowest BCUT2D eigenvalue weighted by Crippen LogP contribution is -2.20. The van der Waals surface area contributed by atoms with Gasteiger partial charge in [-0.2, -0.15) is 0 Å². The SMILES string of the molecule is CN(CCCl)c1ccc2nccnc2n1. The van der Waals surface area contributed by atoms with E-state index in [1.165, 1.54) is 0 Å². The van der Waals surface area contributed by atoms with E-state index in [0.717, 1.165) is 17.9 Å². The van der Waals surface area contributed by atoms with Crippen LogP contribution >= 0.6 is 11.6 Å². The Balaban J connectivity index is 2.38. The molecule has 2 rings (SSSR count). The van der Waals surface area contributed by atoms with Gasteiger partial charge in [0.25, 0.3) is 0 Å². The minimum Gasteiger partial charge on any atom is -0.358 e. The first-order valence-electron chi connectivity index (χ1n) is 4.66. The van der Waals surface area contributed by atoms with Crippen LogP contribution in [0.2, 0.25) is 0 Å². The van der Waals surface area contributed by atoms with E-state index in [-0.39, 0.29) is 0 Å². The van der Waals surface area contributed by atoms with Gasteiger partial charge in [0, 0.05) is 31.9 Å². The number of hydrogen-bond acceptors (Lipinski definition) is 4. The molecule has 78 valence electrons. The van der Waals surface area contributed by atoms with Crippen molar-refractivity contribution in [3.8, 4) is 0 Å². The molecule has 0 unspecified atom stereocenters. The largest absolute Gasteiger partial charge is 0.358 e. The highest BCUT2D eigenvalue weighted by atomic mass is 35.5. The molecule has 0 N–H and O–H groups in total. The predicted octanol–water partition coefficient (Wildman–Crippen LogP) is 1.70. The molecule has 0 spiro atoms. The second-order valence-electron chi connectivity index (χ2n) is 3.18. The third-order valence-electron chi connectivity index (χ3n) is 2.13. The summed E-state index contributed by atoms with van der Waals surface area (Å²) in [6.07, 6.45) is 3.30. The molecule has 0 atom stereocenters. The van der Waals surface area contributed by atoms with Crippen LogP contribution in [0.25, 0.3) is 11.2 Å². The topological polar surface area (TPSA) is 41.9 Å². The zero-order valence-corrected chi connectivity index (χ0v) is 9.15. The van der Waals surface area contributed by atoms with Crippen molar-refractivity contribution < 1.29 is 0 Å². The van der Waals surface area contributed by atoms with Crippen molar-refractivity contribution in [2.24, 2.45) is 0 Å². The second-order valence-corrected chi connectivity index (χ2v) is 3.56. The van der Waals surface area contributed by atoms with Crippen molar-refractivity contribution >= 4 is 28.6 Å². The molecule has 0 fully saturated rings. The molecular formula is C10H11ClN4. The van der Waals surface area contributed by atoms with Gasteiger partial charge in [0.05, 0.1) is 0 Å². The first-order chi connectivity index (χ1) is 7.31. The fourth-order valence-electron chi connectivity index (χ4n) is 1.30. The highest BCUT2D eigenvalue weighted by Crippen LogP contribution is 2.13. The molecule has 0 bridgehead atoms. The Morgan fingerprint density at radius 1 is 1.27 bits per heavy atom. The van der Waals surface area contributed by atoms with E-state index in [1.807, 2.05) is 24.1 Å². The fraction of sp³-hybridized carbons (Fsp3) is 0.300. The molecule has 5 heteroatoms. The van der Waals surface area contributed by atoms with Gasteiger partial charge in [-0.15, -0.1) is 11.6 Å². The summed E-state index contributed by atoms with van der Waals surface area (Å²) in [5.74, 6) is 1.44. The van der Waals surface area contributed by atoms with Crippen LogP contribution in [0.3, 0.4) is 0 Å². The van der Waals surface area contributed by atoms with Gasteiger partial charge >= 0.3 is 0 Å². The first-order valence-corrected chi connectivity index (χ1v) is 5.19. The summed E-state index contributed by atoms with van der Waals surface area (Å²) < 4.78 is 0. The Kier molecular flexibility index (Phi) is 2.97. The van der Waals surface area contributed by atoms with Crippen molar-refractivity contribution in [3.63, 3.8) is 0 Å². The van der Waals surface area contributed by atoms with Crippen LogP contribution in [-0.2, 0) is 0 Å². The maximum Gasteiger partial charge on any atom is 0.180 e. The molecule has 0 aliphatic carbocycles. The summed E-state index contributed by atoms with van der Waals surface area (Å²) >= 11 is 5.67. The van der Waals surface area contributed by atoms with Crippen molar-refractivity contribution in [1.82, 2.24) is 15.0 Å². The summed E-state index contributed by atoms with van der Waals surface area (Å²) in [6.45, 7) is 0.764. The predicted molar refractivity (Wildman–Crippen MR) is 61.3 cm³/mol. The molecule has 0 aliphatic heterocycles. The van der Waals surface area contributed by atoms with Gasteiger partial charge in [0.2, 0.25) is 0 Å². The standard InChI is InChI=1S/C10H11ClN4/c1-15(7-4-11)9-3-2-8-10(14-9)13-6-5-12-8/h2-3,5-6H,4,7H2,1H3. The lowest BCUT2D eigenvalue weighted by atomic mass is 10.4. The monoisotopic (exact) mass is 222 g/mol. The molecule has 2 heterocycles. The molecule has 0 saturated heterocycles. The normalized spacial score (nSPS) is 10.5. The summed E-state index contributed by atoms with van der Waals surface area (Å²) in [6, 6.07) is 3.83. The van der Waals surface area contributed by atoms with Gasteiger partial charge in [0.15, 0.2) is 5.65 Å². The van der Waals surface area contributed by atoms with Crippen molar-refractivity contribution in [2.45, 2.75) is 0 Å². The second kappa shape index (κ2) is 4.40. The van der Waals surface area contributed by atoms with E-state index in [1.54, 1.807) is 12.4 Å². The van der Waals surface area contributed by atoms with Crippen molar-refractivity contribution in [1.29, 1.82) is 0 Å². The molecule has 0 amide bonds. The fourth-order valence-corrected chi connectivity index (χ4v) is 1.55. The quantitative estimate of drug-likeness (QED) is 0.742. The average molecular weight is 223 g/mol. The van der Waals surface area contributed by atoms with E-state index >= 15 is 0 Å². The smallest absolute Gasteiger partial charge is 0.180 e. The Bertz CT molecular complexity index is 460. The number of fused-ring (bicyclic) bond motifs is 1. The third kappa shape index (κ3) is 2.15. The molecule has 4 nitrogen and oxygen atoms in total. The average Bonchev–Trinajstić information content (AvgIpc) is 2.29. The lowest BCUT2D eigenvalue weighted by molar-refractivity contribution is 0.946. The Morgan fingerprint density at radius 3 is 2.87 bits per heavy atom. The third-order valence-corrected chi connectivity index (χ3v) is 2.30. The molecular weight excluding hydrogens is 212 g/mol. The van der Waals surface area contributed by atoms with Crippen molar-refractivity contribution in [2.75, 3.05) is 24.4 Å². The number of halogens is 1. The van der Waals surface area contributed by atoms with Crippen LogP contribution in [0.1, 0.15) is 0 Å². The van der Waals surface area contributed by atoms with Crippen LogP contribution in [0.4, 0.5) is 5.82 Å². The minimum absolute atomic E-state index is 0.580. The Hall–Kier alpha value is -1.42. The van der Waals surface area contributed by atoms with Gasteiger partial charge in [0.1, 0.15) is 11.3 Å².